The van der Waals surface area contributed by atoms with Crippen LogP contribution in [0.3, 0.4) is 0 Å². The van der Waals surface area contributed by atoms with Gasteiger partial charge < -0.3 is 18.8 Å². The van der Waals surface area contributed by atoms with Gasteiger partial charge in [0.15, 0.2) is 0 Å². The van der Waals surface area contributed by atoms with Gasteiger partial charge in [0.1, 0.15) is 19.2 Å². The van der Waals surface area contributed by atoms with Crippen LogP contribution in [0.25, 0.3) is 11.3 Å². The summed E-state index contributed by atoms with van der Waals surface area (Å²) in [6.07, 6.45) is 5.62. The molecule has 0 aliphatic heterocycles. The molecule has 0 N–H and O–H groups in total. The molecule has 7 heteroatoms. The first-order valence-corrected chi connectivity index (χ1v) is 14.8. The number of methoxy groups -OCH3 is 2. The zero-order chi connectivity index (χ0) is 22.6. The summed E-state index contributed by atoms with van der Waals surface area (Å²) in [7, 11) is 1.96. The van der Waals surface area contributed by atoms with E-state index < -0.39 is 8.07 Å². The van der Waals surface area contributed by atoms with E-state index in [4.69, 9.17) is 19.2 Å². The summed E-state index contributed by atoms with van der Waals surface area (Å²) < 4.78 is 18.4. The van der Waals surface area contributed by atoms with E-state index in [1.165, 1.54) is 31.9 Å². The molecular formula is C24H36N2O4Si. The fraction of sp³-hybridized carbons (Fsp3) is 0.583. The van der Waals surface area contributed by atoms with Crippen LogP contribution in [0.1, 0.15) is 52.5 Å². The quantitative estimate of drug-likeness (QED) is 0.280. The van der Waals surface area contributed by atoms with E-state index >= 15 is 0 Å². The van der Waals surface area contributed by atoms with Crippen LogP contribution in [0.5, 0.6) is 0 Å². The Hall–Kier alpha value is -1.96. The van der Waals surface area contributed by atoms with E-state index in [1.807, 2.05) is 23.8 Å². The Morgan fingerprint density at radius 3 is 2.55 bits per heavy atom. The second-order valence-electron chi connectivity index (χ2n) is 9.67. The van der Waals surface area contributed by atoms with Crippen LogP contribution in [0.15, 0.2) is 18.3 Å². The number of esters is 1. The van der Waals surface area contributed by atoms with Crippen molar-refractivity contribution in [2.45, 2.75) is 71.1 Å². The maximum absolute atomic E-state index is 12.3. The molecule has 0 unspecified atom stereocenters. The molecule has 0 amide bonds. The molecule has 1 heterocycles. The summed E-state index contributed by atoms with van der Waals surface area (Å²) in [4.78, 5) is 17.2. The van der Waals surface area contributed by atoms with Gasteiger partial charge in [-0.2, -0.15) is 0 Å². The number of benzene rings is 1. The Morgan fingerprint density at radius 2 is 1.97 bits per heavy atom. The lowest BCUT2D eigenvalue weighted by Crippen LogP contribution is -2.22. The van der Waals surface area contributed by atoms with Crippen molar-refractivity contribution in [1.29, 1.82) is 0 Å². The highest BCUT2D eigenvalue weighted by Gasteiger charge is 2.26. The molecule has 1 aromatic heterocycles. The average molecular weight is 445 g/mol. The van der Waals surface area contributed by atoms with Gasteiger partial charge in [-0.15, -0.1) is 0 Å². The molecule has 1 saturated carbocycles. The van der Waals surface area contributed by atoms with Crippen molar-refractivity contribution in [2.75, 3.05) is 20.8 Å². The second-order valence-corrected chi connectivity index (χ2v) is 15.3. The molecule has 0 radical (unpaired) electrons. The molecule has 1 aliphatic carbocycles. The van der Waals surface area contributed by atoms with Crippen molar-refractivity contribution in [2.24, 2.45) is 0 Å². The Balaban J connectivity index is 1.94. The van der Waals surface area contributed by atoms with Crippen molar-refractivity contribution >= 4 is 14.0 Å². The Morgan fingerprint density at radius 1 is 1.23 bits per heavy atom. The van der Waals surface area contributed by atoms with Crippen molar-refractivity contribution in [3.8, 4) is 11.3 Å². The lowest BCUT2D eigenvalue weighted by atomic mass is 9.76. The second kappa shape index (κ2) is 10.1. The van der Waals surface area contributed by atoms with E-state index in [0.717, 1.165) is 35.3 Å². The number of imidazole rings is 1. The van der Waals surface area contributed by atoms with Gasteiger partial charge in [-0.25, -0.2) is 9.78 Å². The Kier molecular flexibility index (Phi) is 7.72. The van der Waals surface area contributed by atoms with E-state index in [-0.39, 0.29) is 5.97 Å². The monoisotopic (exact) mass is 444 g/mol. The third-order valence-corrected chi connectivity index (χ3v) is 7.69. The van der Waals surface area contributed by atoms with Gasteiger partial charge >= 0.3 is 5.97 Å². The van der Waals surface area contributed by atoms with Gasteiger partial charge in [0.05, 0.1) is 18.4 Å². The fourth-order valence-corrected chi connectivity index (χ4v) is 4.58. The minimum atomic E-state index is -1.13. The normalized spacial score (nSPS) is 14.5. The van der Waals surface area contributed by atoms with Crippen LogP contribution < -0.4 is 0 Å². The number of nitrogens with zero attached hydrogens (tertiary/aromatic N) is 2. The van der Waals surface area contributed by atoms with Crippen LogP contribution in [0.4, 0.5) is 0 Å². The molecule has 1 fully saturated rings. The van der Waals surface area contributed by atoms with Crippen LogP contribution in [-0.2, 0) is 27.5 Å². The number of carbonyl (C=O) groups excluding carboxylic acids is 1. The van der Waals surface area contributed by atoms with E-state index in [2.05, 4.69) is 25.7 Å². The van der Waals surface area contributed by atoms with Crippen molar-refractivity contribution in [1.82, 2.24) is 9.55 Å². The highest BCUT2D eigenvalue weighted by atomic mass is 28.3. The van der Waals surface area contributed by atoms with Crippen molar-refractivity contribution < 1.29 is 19.0 Å². The van der Waals surface area contributed by atoms with Crippen molar-refractivity contribution in [3.05, 3.63) is 40.8 Å². The summed E-state index contributed by atoms with van der Waals surface area (Å²) in [6, 6.07) is 5.22. The van der Waals surface area contributed by atoms with E-state index in [9.17, 15) is 4.79 Å². The first-order valence-electron chi connectivity index (χ1n) is 11.1. The molecule has 3 rings (SSSR count). The van der Waals surface area contributed by atoms with Crippen molar-refractivity contribution in [3.63, 3.8) is 0 Å². The molecule has 2 aromatic rings. The molecule has 0 atom stereocenters. The standard InChI is InChI=1S/C24H36N2O4Si/c1-17-12-20(18-8-7-9-18)21(13-19(17)24(27)29-3)22-14-26(23(25-22)15-28-2)16-30-10-11-31(4,5)6/h12-14,18H,7-11,15-16H2,1-6H3. The fourth-order valence-electron chi connectivity index (χ4n) is 3.82. The molecule has 31 heavy (non-hydrogen) atoms. The largest absolute Gasteiger partial charge is 0.465 e. The first kappa shape index (κ1) is 23.7. The third kappa shape index (κ3) is 5.84. The molecule has 1 aliphatic rings. The number of aryl methyl sites for hydroxylation is 1. The summed E-state index contributed by atoms with van der Waals surface area (Å²) in [6.45, 7) is 10.6. The summed E-state index contributed by atoms with van der Waals surface area (Å²) in [5, 5.41) is 0. The zero-order valence-corrected chi connectivity index (χ0v) is 20.8. The summed E-state index contributed by atoms with van der Waals surface area (Å²) >= 11 is 0. The molecular weight excluding hydrogens is 408 g/mol. The number of carbonyl (C=O) groups is 1. The average Bonchev–Trinajstić information content (AvgIpc) is 3.05. The molecule has 170 valence electrons. The molecule has 0 saturated heterocycles. The van der Waals surface area contributed by atoms with Crippen LogP contribution in [0.2, 0.25) is 25.7 Å². The first-order chi connectivity index (χ1) is 14.7. The maximum atomic E-state index is 12.3. The minimum Gasteiger partial charge on any atom is -0.465 e. The predicted octanol–water partition coefficient (Wildman–Crippen LogP) is 5.37. The van der Waals surface area contributed by atoms with Gasteiger partial charge in [0.25, 0.3) is 0 Å². The zero-order valence-electron chi connectivity index (χ0n) is 19.8. The topological polar surface area (TPSA) is 62.6 Å². The number of hydrogen-bond donors (Lipinski definition) is 0. The molecule has 1 aromatic carbocycles. The van der Waals surface area contributed by atoms with Gasteiger partial charge in [0.2, 0.25) is 0 Å². The maximum Gasteiger partial charge on any atom is 0.338 e. The number of aromatic nitrogens is 2. The van der Waals surface area contributed by atoms with Gasteiger partial charge in [-0.1, -0.05) is 32.1 Å². The van der Waals surface area contributed by atoms with E-state index in [0.29, 0.717) is 24.8 Å². The number of ether oxygens (including phenoxy) is 3. The van der Waals surface area contributed by atoms with Crippen LogP contribution in [-0.4, -0.2) is 44.4 Å². The van der Waals surface area contributed by atoms with Crippen LogP contribution in [0, 0.1) is 6.92 Å². The third-order valence-electron chi connectivity index (χ3n) is 5.98. The van der Waals surface area contributed by atoms with Gasteiger partial charge in [0, 0.05) is 33.6 Å². The Bertz CT molecular complexity index is 913. The van der Waals surface area contributed by atoms with E-state index in [1.54, 1.807) is 7.11 Å². The predicted molar refractivity (Wildman–Crippen MR) is 125 cm³/mol. The highest BCUT2D eigenvalue weighted by Crippen LogP contribution is 2.42. The lowest BCUT2D eigenvalue weighted by Gasteiger charge is -2.28. The molecule has 6 nitrogen and oxygen atoms in total. The highest BCUT2D eigenvalue weighted by molar-refractivity contribution is 6.76. The number of rotatable bonds is 10. The Labute approximate surface area is 186 Å². The summed E-state index contributed by atoms with van der Waals surface area (Å²) in [5.74, 6) is 1.03. The molecule has 0 bridgehead atoms. The van der Waals surface area contributed by atoms with Crippen LogP contribution >= 0.6 is 0 Å². The van der Waals surface area contributed by atoms with Gasteiger partial charge in [-0.05, 0) is 48.9 Å². The number of hydrogen-bond acceptors (Lipinski definition) is 5. The smallest absolute Gasteiger partial charge is 0.338 e. The molecule has 0 spiro atoms. The minimum absolute atomic E-state index is 0.315. The lowest BCUT2D eigenvalue weighted by molar-refractivity contribution is 0.0600. The SMILES string of the molecule is COCc1nc(-c2cc(C(=O)OC)c(C)cc2C2CCC2)cn1COCC[Si](C)(C)C. The summed E-state index contributed by atoms with van der Waals surface area (Å²) in [5.41, 5.74) is 4.67. The van der Waals surface area contributed by atoms with Gasteiger partial charge in [-0.3, -0.25) is 0 Å².